The van der Waals surface area contributed by atoms with Gasteiger partial charge in [-0.3, -0.25) is 9.69 Å². The molecule has 128 valence electrons. The van der Waals surface area contributed by atoms with Crippen LogP contribution in [0.2, 0.25) is 0 Å². The molecule has 4 nitrogen and oxygen atoms in total. The topological polar surface area (TPSA) is 53.3 Å². The van der Waals surface area contributed by atoms with Crippen LogP contribution < -0.4 is 0 Å². The van der Waals surface area contributed by atoms with Crippen molar-refractivity contribution in [3.05, 3.63) is 71.3 Å². The van der Waals surface area contributed by atoms with Crippen LogP contribution in [0.1, 0.15) is 29.5 Å². The van der Waals surface area contributed by atoms with Gasteiger partial charge in [0.25, 0.3) is 0 Å². The third-order valence-corrected chi connectivity index (χ3v) is 4.71. The van der Waals surface area contributed by atoms with Gasteiger partial charge in [-0.1, -0.05) is 48.5 Å². The minimum absolute atomic E-state index is 0.0152. The Morgan fingerprint density at radius 3 is 2.60 bits per heavy atom. The van der Waals surface area contributed by atoms with Crippen LogP contribution in [0.3, 0.4) is 0 Å². The van der Waals surface area contributed by atoms with Crippen molar-refractivity contribution in [1.29, 1.82) is 5.26 Å². The van der Waals surface area contributed by atoms with Gasteiger partial charge in [-0.25, -0.2) is 0 Å². The summed E-state index contributed by atoms with van der Waals surface area (Å²) < 4.78 is 5.30. The summed E-state index contributed by atoms with van der Waals surface area (Å²) in [5.74, 6) is -0.424. The summed E-state index contributed by atoms with van der Waals surface area (Å²) in [6.45, 7) is 4.39. The summed E-state index contributed by atoms with van der Waals surface area (Å²) in [7, 11) is 0. The highest BCUT2D eigenvalue weighted by atomic mass is 16.5. The summed E-state index contributed by atoms with van der Waals surface area (Å²) in [6.07, 6.45) is 0. The highest BCUT2D eigenvalue weighted by Gasteiger charge is 2.40. The van der Waals surface area contributed by atoms with E-state index in [1.165, 1.54) is 5.56 Å². The first kappa shape index (κ1) is 17.2. The maximum absolute atomic E-state index is 12.5. The van der Waals surface area contributed by atoms with E-state index in [1.807, 2.05) is 49.4 Å². The molecule has 0 amide bonds. The van der Waals surface area contributed by atoms with E-state index in [9.17, 15) is 10.1 Å². The van der Waals surface area contributed by atoms with Gasteiger partial charge in [0.15, 0.2) is 0 Å². The van der Waals surface area contributed by atoms with E-state index in [1.54, 1.807) is 0 Å². The van der Waals surface area contributed by atoms with Gasteiger partial charge in [-0.15, -0.1) is 0 Å². The van der Waals surface area contributed by atoms with Crippen molar-refractivity contribution in [2.45, 2.75) is 19.4 Å². The van der Waals surface area contributed by atoms with Crippen molar-refractivity contribution in [2.75, 3.05) is 19.7 Å². The molecule has 25 heavy (non-hydrogen) atoms. The SMILES string of the molecule is CCOC(=O)[C@@H]1CN(Cc2ccccc2)C[C@H]1c1ccccc1C#N. The fourth-order valence-electron chi connectivity index (χ4n) is 3.58. The van der Waals surface area contributed by atoms with Crippen LogP contribution in [-0.2, 0) is 16.1 Å². The van der Waals surface area contributed by atoms with Crippen LogP contribution >= 0.6 is 0 Å². The number of nitriles is 1. The van der Waals surface area contributed by atoms with Crippen LogP contribution in [-0.4, -0.2) is 30.6 Å². The highest BCUT2D eigenvalue weighted by Crippen LogP contribution is 2.35. The highest BCUT2D eigenvalue weighted by molar-refractivity contribution is 5.75. The number of carbonyl (C=O) groups excluding carboxylic acids is 1. The van der Waals surface area contributed by atoms with Crippen molar-refractivity contribution in [3.63, 3.8) is 0 Å². The number of hydrogen-bond donors (Lipinski definition) is 0. The van der Waals surface area contributed by atoms with Gasteiger partial charge in [-0.2, -0.15) is 5.26 Å². The molecule has 1 fully saturated rings. The van der Waals surface area contributed by atoms with E-state index < -0.39 is 0 Å². The monoisotopic (exact) mass is 334 g/mol. The summed E-state index contributed by atoms with van der Waals surface area (Å²) in [5, 5.41) is 9.43. The van der Waals surface area contributed by atoms with Crippen LogP contribution in [0.15, 0.2) is 54.6 Å². The lowest BCUT2D eigenvalue weighted by Gasteiger charge is -2.18. The second-order valence-corrected chi connectivity index (χ2v) is 6.34. The fraction of sp³-hybridized carbons (Fsp3) is 0.333. The number of hydrogen-bond acceptors (Lipinski definition) is 4. The molecule has 2 atom stereocenters. The van der Waals surface area contributed by atoms with E-state index in [0.717, 1.165) is 18.7 Å². The molecule has 1 aliphatic rings. The van der Waals surface area contributed by atoms with E-state index in [4.69, 9.17) is 4.74 Å². The first-order chi connectivity index (χ1) is 12.2. The van der Waals surface area contributed by atoms with Crippen LogP contribution in [0.25, 0.3) is 0 Å². The number of rotatable bonds is 5. The largest absolute Gasteiger partial charge is 0.466 e. The maximum Gasteiger partial charge on any atom is 0.310 e. The van der Waals surface area contributed by atoms with Crippen molar-refractivity contribution in [1.82, 2.24) is 4.90 Å². The van der Waals surface area contributed by atoms with Crippen molar-refractivity contribution in [3.8, 4) is 6.07 Å². The molecule has 0 bridgehead atoms. The second kappa shape index (κ2) is 7.96. The third kappa shape index (κ3) is 3.89. The number of benzene rings is 2. The zero-order valence-corrected chi connectivity index (χ0v) is 14.4. The molecule has 0 aliphatic carbocycles. The molecule has 2 aromatic rings. The summed E-state index contributed by atoms with van der Waals surface area (Å²) >= 11 is 0. The van der Waals surface area contributed by atoms with Crippen molar-refractivity contribution >= 4 is 5.97 Å². The van der Waals surface area contributed by atoms with Gasteiger partial charge in [0.05, 0.1) is 24.2 Å². The average Bonchev–Trinajstić information content (AvgIpc) is 3.06. The van der Waals surface area contributed by atoms with E-state index in [-0.39, 0.29) is 17.8 Å². The molecule has 0 N–H and O–H groups in total. The Kier molecular flexibility index (Phi) is 5.47. The average molecular weight is 334 g/mol. The Morgan fingerprint density at radius 1 is 1.16 bits per heavy atom. The van der Waals surface area contributed by atoms with Crippen LogP contribution in [0.4, 0.5) is 0 Å². The van der Waals surface area contributed by atoms with Gasteiger partial charge < -0.3 is 4.74 Å². The molecule has 2 aromatic carbocycles. The second-order valence-electron chi connectivity index (χ2n) is 6.34. The van der Waals surface area contributed by atoms with E-state index >= 15 is 0 Å². The lowest BCUT2D eigenvalue weighted by Crippen LogP contribution is -2.25. The lowest BCUT2D eigenvalue weighted by molar-refractivity contribution is -0.148. The molecule has 0 unspecified atom stereocenters. The van der Waals surface area contributed by atoms with Gasteiger partial charge in [-0.05, 0) is 24.1 Å². The molecule has 1 saturated heterocycles. The minimum atomic E-state index is -0.238. The van der Waals surface area contributed by atoms with Crippen LogP contribution in [0, 0.1) is 17.2 Å². The van der Waals surface area contributed by atoms with Gasteiger partial charge in [0.2, 0.25) is 0 Å². The maximum atomic E-state index is 12.5. The normalized spacial score (nSPS) is 20.2. The Hall–Kier alpha value is -2.64. The third-order valence-electron chi connectivity index (χ3n) is 4.71. The molecular weight excluding hydrogens is 312 g/mol. The molecule has 0 radical (unpaired) electrons. The Labute approximate surface area is 148 Å². The molecule has 1 heterocycles. The lowest BCUT2D eigenvalue weighted by atomic mass is 9.86. The quantitative estimate of drug-likeness (QED) is 0.787. The predicted molar refractivity (Wildman–Crippen MR) is 95.7 cm³/mol. The van der Waals surface area contributed by atoms with E-state index in [0.29, 0.717) is 18.7 Å². The molecule has 0 spiro atoms. The minimum Gasteiger partial charge on any atom is -0.466 e. The number of likely N-dealkylation sites (tertiary alicyclic amines) is 1. The summed E-state index contributed by atoms with van der Waals surface area (Å²) in [5.41, 5.74) is 2.81. The molecular formula is C21H22N2O2. The van der Waals surface area contributed by atoms with Crippen molar-refractivity contribution < 1.29 is 9.53 Å². The first-order valence-electron chi connectivity index (χ1n) is 8.65. The zero-order chi connectivity index (χ0) is 17.6. The van der Waals surface area contributed by atoms with Crippen molar-refractivity contribution in [2.24, 2.45) is 5.92 Å². The number of ether oxygens (including phenoxy) is 1. The standard InChI is InChI=1S/C21H22N2O2/c1-2-25-21(24)20-15-23(13-16-8-4-3-5-9-16)14-19(20)18-11-7-6-10-17(18)12-22/h3-11,19-20H,2,13-15H2,1H3/t19-,20+/m0/s1. The van der Waals surface area contributed by atoms with Gasteiger partial charge in [0, 0.05) is 25.6 Å². The van der Waals surface area contributed by atoms with Gasteiger partial charge in [0.1, 0.15) is 0 Å². The molecule has 1 aliphatic heterocycles. The number of nitrogens with zero attached hydrogens (tertiary/aromatic N) is 2. The summed E-state index contributed by atoms with van der Waals surface area (Å²) in [4.78, 5) is 14.8. The van der Waals surface area contributed by atoms with E-state index in [2.05, 4.69) is 23.1 Å². The Balaban J connectivity index is 1.86. The van der Waals surface area contributed by atoms with Gasteiger partial charge >= 0.3 is 5.97 Å². The fourth-order valence-corrected chi connectivity index (χ4v) is 3.58. The summed E-state index contributed by atoms with van der Waals surface area (Å²) in [6, 6.07) is 20.1. The first-order valence-corrected chi connectivity index (χ1v) is 8.65. The number of esters is 1. The Morgan fingerprint density at radius 2 is 1.88 bits per heavy atom. The zero-order valence-electron chi connectivity index (χ0n) is 14.4. The van der Waals surface area contributed by atoms with Crippen LogP contribution in [0.5, 0.6) is 0 Å². The molecule has 0 aromatic heterocycles. The molecule has 3 rings (SSSR count). The number of carbonyl (C=O) groups is 1. The predicted octanol–water partition coefficient (Wildman–Crippen LogP) is 3.34. The molecule has 0 saturated carbocycles. The smallest absolute Gasteiger partial charge is 0.310 e. The molecule has 4 heteroatoms. The Bertz CT molecular complexity index is 767.